The SMILES string of the molecule is COc1ccc(CSC2=NC3CS(=O)(=O)CC3N2c2ccc(F)cc2F)cc1. The third-order valence-corrected chi connectivity index (χ3v) is 7.54. The molecule has 148 valence electrons. The Morgan fingerprint density at radius 3 is 2.61 bits per heavy atom. The Kier molecular flexibility index (Phi) is 5.05. The molecule has 2 aromatic carbocycles. The molecule has 2 aromatic rings. The van der Waals surface area contributed by atoms with E-state index in [1.807, 2.05) is 24.3 Å². The first kappa shape index (κ1) is 19.2. The lowest BCUT2D eigenvalue weighted by Gasteiger charge is -2.26. The van der Waals surface area contributed by atoms with E-state index in [0.717, 1.165) is 17.4 Å². The first-order chi connectivity index (χ1) is 13.4. The van der Waals surface area contributed by atoms with Crippen molar-refractivity contribution in [3.63, 3.8) is 0 Å². The van der Waals surface area contributed by atoms with Gasteiger partial charge in [0.25, 0.3) is 0 Å². The average Bonchev–Trinajstić information content (AvgIpc) is 3.12. The van der Waals surface area contributed by atoms with Crippen LogP contribution < -0.4 is 9.64 Å². The minimum absolute atomic E-state index is 0.0520. The second-order valence-electron chi connectivity index (χ2n) is 6.73. The van der Waals surface area contributed by atoms with E-state index in [9.17, 15) is 17.2 Å². The Hall–Kier alpha value is -2.13. The Bertz CT molecular complexity index is 1030. The quantitative estimate of drug-likeness (QED) is 0.754. The molecule has 2 aliphatic rings. The third-order valence-electron chi connectivity index (χ3n) is 4.80. The van der Waals surface area contributed by atoms with E-state index in [1.165, 1.54) is 23.9 Å². The summed E-state index contributed by atoms with van der Waals surface area (Å²) in [5.41, 5.74) is 1.17. The van der Waals surface area contributed by atoms with E-state index in [4.69, 9.17) is 4.74 Å². The van der Waals surface area contributed by atoms with Gasteiger partial charge in [-0.05, 0) is 29.8 Å². The molecule has 2 aliphatic heterocycles. The molecule has 28 heavy (non-hydrogen) atoms. The highest BCUT2D eigenvalue weighted by atomic mass is 32.2. The van der Waals surface area contributed by atoms with Crippen LogP contribution in [0.15, 0.2) is 47.5 Å². The normalized spacial score (nSPS) is 22.8. The number of anilines is 1. The molecule has 0 saturated carbocycles. The maximum Gasteiger partial charge on any atom is 0.164 e. The van der Waals surface area contributed by atoms with E-state index < -0.39 is 33.6 Å². The minimum Gasteiger partial charge on any atom is -0.497 e. The number of ether oxygens (including phenoxy) is 1. The van der Waals surface area contributed by atoms with Crippen LogP contribution in [0, 0.1) is 11.6 Å². The molecule has 0 N–H and O–H groups in total. The van der Waals surface area contributed by atoms with Crippen LogP contribution in [-0.2, 0) is 15.6 Å². The lowest BCUT2D eigenvalue weighted by atomic mass is 10.1. The summed E-state index contributed by atoms with van der Waals surface area (Å²) in [4.78, 5) is 6.17. The van der Waals surface area contributed by atoms with Crippen molar-refractivity contribution in [1.29, 1.82) is 0 Å². The highest BCUT2D eigenvalue weighted by Gasteiger charge is 2.47. The molecule has 9 heteroatoms. The van der Waals surface area contributed by atoms with E-state index in [1.54, 1.807) is 12.0 Å². The number of nitrogens with zero attached hydrogens (tertiary/aromatic N) is 2. The number of hydrogen-bond acceptors (Lipinski definition) is 6. The zero-order chi connectivity index (χ0) is 19.9. The van der Waals surface area contributed by atoms with Crippen LogP contribution in [0.5, 0.6) is 5.75 Å². The van der Waals surface area contributed by atoms with Gasteiger partial charge in [-0.2, -0.15) is 0 Å². The van der Waals surface area contributed by atoms with Crippen LogP contribution in [0.1, 0.15) is 5.56 Å². The number of thioether (sulfide) groups is 1. The minimum atomic E-state index is -3.23. The fourth-order valence-electron chi connectivity index (χ4n) is 3.46. The van der Waals surface area contributed by atoms with Gasteiger partial charge in [0.2, 0.25) is 0 Å². The van der Waals surface area contributed by atoms with Gasteiger partial charge in [0, 0.05) is 11.8 Å². The van der Waals surface area contributed by atoms with E-state index in [2.05, 4.69) is 4.99 Å². The Morgan fingerprint density at radius 2 is 1.93 bits per heavy atom. The van der Waals surface area contributed by atoms with E-state index in [0.29, 0.717) is 10.9 Å². The fraction of sp³-hybridized carbons (Fsp3) is 0.316. The van der Waals surface area contributed by atoms with E-state index in [-0.39, 0.29) is 17.2 Å². The number of amidine groups is 1. The number of benzene rings is 2. The van der Waals surface area contributed by atoms with Gasteiger partial charge in [0.1, 0.15) is 17.4 Å². The summed E-state index contributed by atoms with van der Waals surface area (Å²) >= 11 is 1.40. The topological polar surface area (TPSA) is 59.0 Å². The zero-order valence-corrected chi connectivity index (χ0v) is 16.6. The van der Waals surface area contributed by atoms with Crippen LogP contribution in [-0.4, -0.2) is 44.3 Å². The van der Waals surface area contributed by atoms with Gasteiger partial charge in [0.05, 0.1) is 36.4 Å². The molecular formula is C19H18F2N2O3S2. The van der Waals surface area contributed by atoms with Gasteiger partial charge in [-0.15, -0.1) is 0 Å². The van der Waals surface area contributed by atoms with Crippen molar-refractivity contribution in [3.8, 4) is 5.75 Å². The molecular weight excluding hydrogens is 406 g/mol. The van der Waals surface area contributed by atoms with Crippen molar-refractivity contribution in [2.24, 2.45) is 4.99 Å². The summed E-state index contributed by atoms with van der Waals surface area (Å²) in [5.74, 6) is -0.229. The van der Waals surface area contributed by atoms with Crippen molar-refractivity contribution < 1.29 is 21.9 Å². The molecule has 0 radical (unpaired) electrons. The summed E-state index contributed by atoms with van der Waals surface area (Å²) in [6.45, 7) is 0. The molecule has 0 bridgehead atoms. The Labute approximate surface area is 166 Å². The summed E-state index contributed by atoms with van der Waals surface area (Å²) in [6.07, 6.45) is 0. The number of sulfone groups is 1. The summed E-state index contributed by atoms with van der Waals surface area (Å²) in [6, 6.07) is 9.96. The van der Waals surface area contributed by atoms with E-state index >= 15 is 0 Å². The summed E-state index contributed by atoms with van der Waals surface area (Å²) in [5, 5.41) is 0.547. The summed E-state index contributed by atoms with van der Waals surface area (Å²) < 4.78 is 57.0. The predicted octanol–water partition coefficient (Wildman–Crippen LogP) is 3.25. The number of rotatable bonds is 4. The standard InChI is InChI=1S/C19H18F2N2O3S2/c1-26-14-5-2-12(3-6-14)9-27-19-22-16-10-28(24,25)11-18(16)23(19)17-7-4-13(20)8-15(17)21/h2-8,16,18H,9-11H2,1H3. The Balaban J connectivity index is 1.61. The molecule has 0 amide bonds. The molecule has 2 unspecified atom stereocenters. The van der Waals surface area contributed by atoms with Gasteiger partial charge < -0.3 is 9.64 Å². The average molecular weight is 424 g/mol. The van der Waals surface area contributed by atoms with Crippen LogP contribution in [0.4, 0.5) is 14.5 Å². The van der Waals surface area contributed by atoms with Crippen LogP contribution in [0.25, 0.3) is 0 Å². The zero-order valence-electron chi connectivity index (χ0n) is 15.0. The molecule has 0 aromatic heterocycles. The smallest absolute Gasteiger partial charge is 0.164 e. The van der Waals surface area contributed by atoms with Crippen LogP contribution >= 0.6 is 11.8 Å². The lowest BCUT2D eigenvalue weighted by molar-refractivity contribution is 0.414. The van der Waals surface area contributed by atoms with Gasteiger partial charge >= 0.3 is 0 Å². The predicted molar refractivity (Wildman–Crippen MR) is 107 cm³/mol. The second-order valence-corrected chi connectivity index (χ2v) is 9.82. The number of halogens is 2. The largest absolute Gasteiger partial charge is 0.497 e. The summed E-state index contributed by atoms with van der Waals surface area (Å²) in [7, 11) is -1.64. The first-order valence-corrected chi connectivity index (χ1v) is 11.5. The molecule has 1 saturated heterocycles. The number of methoxy groups -OCH3 is 1. The number of hydrogen-bond donors (Lipinski definition) is 0. The molecule has 2 atom stereocenters. The van der Waals surface area contributed by atoms with Crippen molar-refractivity contribution >= 4 is 32.5 Å². The molecule has 4 rings (SSSR count). The number of fused-ring (bicyclic) bond motifs is 1. The van der Waals surface area contributed by atoms with Crippen molar-refractivity contribution in [2.45, 2.75) is 17.8 Å². The van der Waals surface area contributed by atoms with Gasteiger partial charge in [0.15, 0.2) is 15.0 Å². The molecule has 1 fully saturated rings. The maximum atomic E-state index is 14.5. The fourth-order valence-corrected chi connectivity index (χ4v) is 6.38. The second kappa shape index (κ2) is 7.36. The Morgan fingerprint density at radius 1 is 1.18 bits per heavy atom. The molecule has 0 spiro atoms. The van der Waals surface area contributed by atoms with Crippen molar-refractivity contribution in [3.05, 3.63) is 59.7 Å². The third kappa shape index (κ3) is 3.73. The van der Waals surface area contributed by atoms with Gasteiger partial charge in [-0.1, -0.05) is 23.9 Å². The highest BCUT2D eigenvalue weighted by molar-refractivity contribution is 8.13. The van der Waals surface area contributed by atoms with Crippen molar-refractivity contribution in [1.82, 2.24) is 0 Å². The number of aliphatic imine (C=N–C) groups is 1. The molecule has 0 aliphatic carbocycles. The monoisotopic (exact) mass is 424 g/mol. The molecule has 5 nitrogen and oxygen atoms in total. The highest BCUT2D eigenvalue weighted by Crippen LogP contribution is 2.37. The van der Waals surface area contributed by atoms with Crippen LogP contribution in [0.3, 0.4) is 0 Å². The lowest BCUT2D eigenvalue weighted by Crippen LogP contribution is -2.39. The van der Waals surface area contributed by atoms with Gasteiger partial charge in [-0.25, -0.2) is 17.2 Å². The van der Waals surface area contributed by atoms with Crippen LogP contribution in [0.2, 0.25) is 0 Å². The first-order valence-electron chi connectivity index (χ1n) is 8.64. The maximum absolute atomic E-state index is 14.5. The van der Waals surface area contributed by atoms with Crippen molar-refractivity contribution in [2.75, 3.05) is 23.5 Å². The molecule has 2 heterocycles. The van der Waals surface area contributed by atoms with Gasteiger partial charge in [-0.3, -0.25) is 4.99 Å².